The molecular formula is C48H35BF12O2S. The summed E-state index contributed by atoms with van der Waals surface area (Å²) in [6, 6.07) is 40.7. The minimum atomic E-state index is -4.77. The van der Waals surface area contributed by atoms with Crippen molar-refractivity contribution < 1.29 is 61.6 Å². The third-order valence-electron chi connectivity index (χ3n) is 10.5. The van der Waals surface area contributed by atoms with Crippen LogP contribution in [-0.2, 0) is 44.6 Å². The molecule has 1 atom stereocenters. The summed E-state index contributed by atoms with van der Waals surface area (Å²) in [6.07, 6.45) is -20.2. The predicted molar refractivity (Wildman–Crippen MR) is 225 cm³/mol. The Labute approximate surface area is 361 Å². The summed E-state index contributed by atoms with van der Waals surface area (Å²) in [6.45, 7) is 0. The highest BCUT2D eigenvalue weighted by molar-refractivity contribution is 8.01. The first-order chi connectivity index (χ1) is 30.0. The molecule has 0 N–H and O–H groups in total. The minimum absolute atomic E-state index is 0.0114. The van der Waals surface area contributed by atoms with E-state index in [1.807, 2.05) is 91.2 Å². The lowest BCUT2D eigenvalue weighted by atomic mass is 9.13. The van der Waals surface area contributed by atoms with Crippen LogP contribution in [0.25, 0.3) is 0 Å². The molecule has 0 saturated heterocycles. The van der Waals surface area contributed by atoms with Gasteiger partial charge in [-0.15, -0.1) is 0 Å². The van der Waals surface area contributed by atoms with E-state index in [1.54, 1.807) is 0 Å². The minimum Gasteiger partial charge on any atom is -0.457 e. The van der Waals surface area contributed by atoms with Crippen LogP contribution in [0.15, 0.2) is 187 Å². The molecular weight excluding hydrogens is 879 g/mol. The SMILES string of the molecule is C[S+](=O)(Cc1ccc(Oc2ccccc2)cc1)c1ccccc1.FC(F)(F)c1ccc([B-](c2ccc(C(F)(F)F)cc2)(c2ccc(C(F)(F)F)cc2)c2ccc(C(F)(F)F)cc2)cc1. The Morgan fingerprint density at radius 1 is 0.391 bits per heavy atom. The molecule has 0 aromatic heterocycles. The molecule has 0 saturated carbocycles. The molecule has 7 aromatic carbocycles. The van der Waals surface area contributed by atoms with E-state index in [-0.39, 0.29) is 21.9 Å². The van der Waals surface area contributed by atoms with Crippen LogP contribution in [0.2, 0.25) is 0 Å². The van der Waals surface area contributed by atoms with Crippen molar-refractivity contribution in [3.63, 3.8) is 0 Å². The number of alkyl halides is 12. The van der Waals surface area contributed by atoms with E-state index in [0.29, 0.717) is 54.3 Å². The average molecular weight is 915 g/mol. The van der Waals surface area contributed by atoms with Gasteiger partial charge in [-0.25, -0.2) is 0 Å². The molecule has 0 radical (unpaired) electrons. The Bertz CT molecular complexity index is 2410. The van der Waals surface area contributed by atoms with Crippen LogP contribution in [0.5, 0.6) is 11.5 Å². The van der Waals surface area contributed by atoms with Gasteiger partial charge in [-0.05, 0) is 36.4 Å². The molecule has 0 amide bonds. The van der Waals surface area contributed by atoms with Crippen molar-refractivity contribution in [2.75, 3.05) is 6.26 Å². The first-order valence-electron chi connectivity index (χ1n) is 19.2. The van der Waals surface area contributed by atoms with Crippen LogP contribution in [0, 0.1) is 0 Å². The standard InChI is InChI=1S/C28H16BF12.C20H19O2S/c30-25(31,32)17-1-9-21(10-2-17)29(22-11-3-18(4-12-22)26(33,34)35,23-13-5-19(6-14-23)27(36,37)38)24-15-7-20(8-16-24)28(39,40)41;1-23(21,20-10-6-3-7-11-20)16-17-12-14-19(15-13-17)22-18-8-4-2-5-9-18/h1-16H;2-15H,16H2,1H3/q-1;+1. The summed E-state index contributed by atoms with van der Waals surface area (Å²) in [5.41, 5.74) is -3.25. The fourth-order valence-corrected chi connectivity index (χ4v) is 9.11. The van der Waals surface area contributed by atoms with E-state index < -0.39 is 63.0 Å². The average Bonchev–Trinajstić information content (AvgIpc) is 3.25. The lowest BCUT2D eigenvalue weighted by Gasteiger charge is -2.44. The maximum atomic E-state index is 13.3. The molecule has 332 valence electrons. The number of hydrogen-bond acceptors (Lipinski definition) is 2. The molecule has 0 aliphatic rings. The van der Waals surface area contributed by atoms with Crippen molar-refractivity contribution in [1.82, 2.24) is 0 Å². The maximum absolute atomic E-state index is 13.3. The van der Waals surface area contributed by atoms with Crippen LogP contribution >= 0.6 is 0 Å². The Morgan fingerprint density at radius 2 is 0.672 bits per heavy atom. The van der Waals surface area contributed by atoms with Crippen LogP contribution < -0.4 is 26.6 Å². The van der Waals surface area contributed by atoms with E-state index in [9.17, 15) is 56.9 Å². The van der Waals surface area contributed by atoms with E-state index in [0.717, 1.165) is 70.5 Å². The quantitative estimate of drug-likeness (QED) is 0.0819. The van der Waals surface area contributed by atoms with Gasteiger partial charge in [0.25, 0.3) is 0 Å². The molecule has 64 heavy (non-hydrogen) atoms. The highest BCUT2D eigenvalue weighted by Gasteiger charge is 2.38. The zero-order chi connectivity index (χ0) is 46.6. The van der Waals surface area contributed by atoms with Gasteiger partial charge < -0.3 is 4.74 Å². The van der Waals surface area contributed by atoms with Gasteiger partial charge in [0.2, 0.25) is 0 Å². The largest absolute Gasteiger partial charge is 0.457 e. The number of rotatable bonds is 9. The fraction of sp³-hybridized carbons (Fsp3) is 0.125. The lowest BCUT2D eigenvalue weighted by Crippen LogP contribution is -2.74. The second kappa shape index (κ2) is 18.4. The van der Waals surface area contributed by atoms with Crippen molar-refractivity contribution in [3.8, 4) is 11.5 Å². The van der Waals surface area contributed by atoms with Gasteiger partial charge >= 0.3 is 24.7 Å². The van der Waals surface area contributed by atoms with E-state index in [1.165, 1.54) is 0 Å². The Balaban J connectivity index is 0.000000249. The van der Waals surface area contributed by atoms with Gasteiger partial charge in [0, 0.05) is 5.56 Å². The summed E-state index contributed by atoms with van der Waals surface area (Å²) in [7, 11) is -2.08. The monoisotopic (exact) mass is 914 g/mol. The van der Waals surface area contributed by atoms with Gasteiger partial charge in [-0.2, -0.15) is 74.5 Å². The second-order valence-electron chi connectivity index (χ2n) is 14.9. The van der Waals surface area contributed by atoms with Gasteiger partial charge in [0.1, 0.15) is 39.6 Å². The molecule has 7 aromatic rings. The number of hydrogen-bond donors (Lipinski definition) is 0. The Kier molecular flexibility index (Phi) is 13.6. The molecule has 0 aliphatic carbocycles. The molecule has 0 fully saturated rings. The topological polar surface area (TPSA) is 26.3 Å². The zero-order valence-electron chi connectivity index (χ0n) is 33.4. The number of halogens is 12. The normalized spacial score (nSPS) is 13.3. The highest BCUT2D eigenvalue weighted by Crippen LogP contribution is 2.33. The van der Waals surface area contributed by atoms with Crippen molar-refractivity contribution in [3.05, 3.63) is 210 Å². The molecule has 1 unspecified atom stereocenters. The molecule has 7 rings (SSSR count). The first kappa shape index (κ1) is 47.2. The predicted octanol–water partition coefficient (Wildman–Crippen LogP) is 12.3. The second-order valence-corrected chi connectivity index (χ2v) is 17.6. The molecule has 0 bridgehead atoms. The van der Waals surface area contributed by atoms with Gasteiger partial charge in [0.05, 0.1) is 22.3 Å². The van der Waals surface area contributed by atoms with E-state index in [2.05, 4.69) is 0 Å². The Morgan fingerprint density at radius 3 is 0.969 bits per heavy atom. The van der Waals surface area contributed by atoms with Gasteiger partial charge in [-0.3, -0.25) is 0 Å². The number of para-hydroxylation sites is 1. The van der Waals surface area contributed by atoms with Crippen molar-refractivity contribution in [2.24, 2.45) is 0 Å². The number of benzene rings is 7. The maximum Gasteiger partial charge on any atom is 0.416 e. The van der Waals surface area contributed by atoms with Crippen LogP contribution in [0.1, 0.15) is 27.8 Å². The zero-order valence-corrected chi connectivity index (χ0v) is 34.2. The summed E-state index contributed by atoms with van der Waals surface area (Å²) in [5, 5.41) is 0. The Hall–Kier alpha value is -6.29. The molecule has 16 heteroatoms. The third kappa shape index (κ3) is 11.1. The summed E-state index contributed by atoms with van der Waals surface area (Å²) in [4.78, 5) is 0.893. The summed E-state index contributed by atoms with van der Waals surface area (Å²) < 4.78 is 179. The fourth-order valence-electron chi connectivity index (χ4n) is 7.39. The van der Waals surface area contributed by atoms with E-state index >= 15 is 0 Å². The van der Waals surface area contributed by atoms with Gasteiger partial charge in [0.15, 0.2) is 4.90 Å². The summed E-state index contributed by atoms with van der Waals surface area (Å²) in [5.74, 6) is 2.12. The van der Waals surface area contributed by atoms with Gasteiger partial charge in [-0.1, -0.05) is 150 Å². The van der Waals surface area contributed by atoms with Crippen molar-refractivity contribution in [2.45, 2.75) is 35.4 Å². The van der Waals surface area contributed by atoms with Crippen LogP contribution in [0.3, 0.4) is 0 Å². The first-order valence-corrected chi connectivity index (χ1v) is 21.3. The molecule has 0 spiro atoms. The molecule has 2 nitrogen and oxygen atoms in total. The lowest BCUT2D eigenvalue weighted by molar-refractivity contribution is -0.138. The van der Waals surface area contributed by atoms with Crippen LogP contribution in [-0.4, -0.2) is 12.4 Å². The number of ether oxygens (including phenoxy) is 1. The highest BCUT2D eigenvalue weighted by atomic mass is 32.2. The van der Waals surface area contributed by atoms with Crippen LogP contribution in [0.4, 0.5) is 52.7 Å². The summed E-state index contributed by atoms with van der Waals surface area (Å²) >= 11 is 0. The smallest absolute Gasteiger partial charge is 0.416 e. The van der Waals surface area contributed by atoms with E-state index in [4.69, 9.17) is 4.74 Å². The molecule has 0 aliphatic heterocycles. The van der Waals surface area contributed by atoms with Crippen molar-refractivity contribution in [1.29, 1.82) is 0 Å². The molecule has 0 heterocycles. The third-order valence-corrected chi connectivity index (χ3v) is 12.7. The van der Waals surface area contributed by atoms with Crippen molar-refractivity contribution >= 4 is 37.9 Å².